The lowest BCUT2D eigenvalue weighted by Crippen LogP contribution is -2.02. The topological polar surface area (TPSA) is 40.0 Å². The number of hydrogen-bond acceptors (Lipinski definition) is 4. The summed E-state index contributed by atoms with van der Waals surface area (Å²) in [5.41, 5.74) is 1.96. The van der Waals surface area contributed by atoms with Crippen molar-refractivity contribution in [2.45, 2.75) is 59.3 Å². The van der Waals surface area contributed by atoms with Crippen LogP contribution in [0.5, 0.6) is 11.5 Å². The van der Waals surface area contributed by atoms with Gasteiger partial charge in [0, 0.05) is 6.07 Å². The summed E-state index contributed by atoms with van der Waals surface area (Å²) < 4.78 is 11.7. The largest absolute Gasteiger partial charge is 0.492 e. The maximum absolute atomic E-state index is 6.39. The van der Waals surface area contributed by atoms with Crippen molar-refractivity contribution in [1.82, 2.24) is 0 Å². The number of oxime groups is 1. The first-order valence-corrected chi connectivity index (χ1v) is 10.8. The molecule has 0 heterocycles. The van der Waals surface area contributed by atoms with Gasteiger partial charge < -0.3 is 14.3 Å². The van der Waals surface area contributed by atoms with Gasteiger partial charge in [-0.3, -0.25) is 0 Å². The van der Waals surface area contributed by atoms with Crippen molar-refractivity contribution in [3.05, 3.63) is 33.3 Å². The number of hydrogen-bond donors (Lipinski definition) is 0. The fraction of sp³-hybridized carbons (Fsp3) is 0.571. The van der Waals surface area contributed by atoms with Gasteiger partial charge in [-0.15, -0.1) is 0 Å². The number of unbranched alkanes of at least 4 members (excludes halogenated alkanes) is 4. The molecule has 7 heteroatoms. The normalized spacial score (nSPS) is 10.4. The number of nitrogens with zero attached hydrogens (tertiary/aromatic N) is 1. The summed E-state index contributed by atoms with van der Waals surface area (Å²) in [6.45, 7) is 7.52. The van der Waals surface area contributed by atoms with E-state index in [2.05, 4.69) is 12.1 Å². The smallest absolute Gasteiger partial charge is 0.141 e. The van der Waals surface area contributed by atoms with Gasteiger partial charge >= 0.3 is 0 Å². The Hall–Kier alpha value is -1.10. The first kappa shape index (κ1) is 24.9. The highest BCUT2D eigenvalue weighted by Crippen LogP contribution is 2.34. The van der Waals surface area contributed by atoms with Crippen LogP contribution in [0.3, 0.4) is 0 Å². The molecule has 1 aromatic carbocycles. The van der Waals surface area contributed by atoms with E-state index in [4.69, 9.17) is 49.1 Å². The summed E-state index contributed by atoms with van der Waals surface area (Å²) in [6.07, 6.45) is 7.79. The summed E-state index contributed by atoms with van der Waals surface area (Å²) >= 11 is 17.6. The Bertz CT molecular complexity index is 640. The number of rotatable bonds is 14. The first-order valence-electron chi connectivity index (χ1n) is 9.66. The Morgan fingerprint density at radius 2 is 1.68 bits per heavy atom. The van der Waals surface area contributed by atoms with Gasteiger partial charge in [-0.1, -0.05) is 59.7 Å². The van der Waals surface area contributed by atoms with Crippen LogP contribution in [0.1, 0.15) is 58.4 Å². The average molecular weight is 451 g/mol. The van der Waals surface area contributed by atoms with Crippen LogP contribution in [0.2, 0.25) is 5.02 Å². The fourth-order valence-electron chi connectivity index (χ4n) is 2.48. The lowest BCUT2D eigenvalue weighted by atomic mass is 10.1. The minimum atomic E-state index is 0.179. The molecule has 0 bridgehead atoms. The van der Waals surface area contributed by atoms with Gasteiger partial charge in [-0.25, -0.2) is 0 Å². The molecule has 0 atom stereocenters. The molecule has 1 aromatic rings. The third-order valence-corrected chi connectivity index (χ3v) is 4.43. The lowest BCUT2D eigenvalue weighted by Gasteiger charge is -2.14. The Labute approximate surface area is 183 Å². The highest BCUT2D eigenvalue weighted by atomic mass is 35.5. The average Bonchev–Trinajstić information content (AvgIpc) is 2.63. The molecule has 0 aliphatic carbocycles. The molecular formula is C21H30Cl3NO3. The highest BCUT2D eigenvalue weighted by Gasteiger charge is 2.11. The van der Waals surface area contributed by atoms with Crippen LogP contribution in [-0.4, -0.2) is 25.5 Å². The first-order chi connectivity index (χ1) is 13.4. The fourth-order valence-corrected chi connectivity index (χ4v) is 2.89. The third kappa shape index (κ3) is 11.0. The molecule has 0 saturated heterocycles. The van der Waals surface area contributed by atoms with Crippen LogP contribution >= 0.6 is 34.8 Å². The van der Waals surface area contributed by atoms with Gasteiger partial charge in [0.25, 0.3) is 0 Å². The van der Waals surface area contributed by atoms with Gasteiger partial charge in [0.05, 0.1) is 17.3 Å². The molecule has 0 aliphatic rings. The van der Waals surface area contributed by atoms with Crippen molar-refractivity contribution in [3.8, 4) is 11.5 Å². The number of aryl methyl sites for hydroxylation is 1. The second kappa shape index (κ2) is 14.8. The third-order valence-electron chi connectivity index (χ3n) is 3.84. The van der Waals surface area contributed by atoms with E-state index >= 15 is 0 Å². The molecular weight excluding hydrogens is 421 g/mol. The van der Waals surface area contributed by atoms with Gasteiger partial charge in [-0.05, 0) is 57.2 Å². The number of benzene rings is 1. The molecule has 28 heavy (non-hydrogen) atoms. The van der Waals surface area contributed by atoms with Gasteiger partial charge in [0.2, 0.25) is 0 Å². The molecule has 158 valence electrons. The van der Waals surface area contributed by atoms with Gasteiger partial charge in [0.15, 0.2) is 0 Å². The van der Waals surface area contributed by atoms with Crippen LogP contribution in [0.4, 0.5) is 0 Å². The maximum Gasteiger partial charge on any atom is 0.141 e. The Balaban J connectivity index is 2.33. The predicted octanol–water partition coefficient (Wildman–Crippen LogP) is 7.34. The monoisotopic (exact) mass is 449 g/mol. The standard InChI is InChI=1S/C21H30Cl3NO3/c1-4-17-14-18(26-13-10-20(23)24)15-19(22)21(17)27-11-8-6-5-7-9-12-28-25-16(2)3/h10,14-15H,4-9,11-13H2,1-3H3. The van der Waals surface area contributed by atoms with Crippen molar-refractivity contribution in [2.75, 3.05) is 19.8 Å². The van der Waals surface area contributed by atoms with Crippen molar-refractivity contribution >= 4 is 40.5 Å². The highest BCUT2D eigenvalue weighted by molar-refractivity contribution is 6.55. The molecule has 0 fully saturated rings. The summed E-state index contributed by atoms with van der Waals surface area (Å²) in [5.74, 6) is 1.41. The van der Waals surface area contributed by atoms with Gasteiger partial charge in [0.1, 0.15) is 29.2 Å². The van der Waals surface area contributed by atoms with E-state index in [1.54, 1.807) is 12.1 Å². The summed E-state index contributed by atoms with van der Waals surface area (Å²) in [7, 11) is 0. The van der Waals surface area contributed by atoms with E-state index in [9.17, 15) is 0 Å². The van der Waals surface area contributed by atoms with E-state index in [0.717, 1.165) is 55.5 Å². The second-order valence-electron chi connectivity index (χ2n) is 6.54. The number of ether oxygens (including phenoxy) is 2. The Morgan fingerprint density at radius 1 is 1.00 bits per heavy atom. The van der Waals surface area contributed by atoms with Gasteiger partial charge in [-0.2, -0.15) is 0 Å². The van der Waals surface area contributed by atoms with E-state index in [1.165, 1.54) is 0 Å². The van der Waals surface area contributed by atoms with Crippen LogP contribution in [-0.2, 0) is 11.3 Å². The molecule has 0 N–H and O–H groups in total. The molecule has 4 nitrogen and oxygen atoms in total. The second-order valence-corrected chi connectivity index (χ2v) is 7.95. The molecule has 0 saturated carbocycles. The lowest BCUT2D eigenvalue weighted by molar-refractivity contribution is 0.139. The van der Waals surface area contributed by atoms with E-state index in [0.29, 0.717) is 24.0 Å². The molecule has 1 rings (SSSR count). The van der Waals surface area contributed by atoms with Crippen molar-refractivity contribution < 1.29 is 14.3 Å². The van der Waals surface area contributed by atoms with Crippen molar-refractivity contribution in [2.24, 2.45) is 5.16 Å². The molecule has 0 spiro atoms. The quantitative estimate of drug-likeness (QED) is 0.169. The zero-order valence-corrected chi connectivity index (χ0v) is 19.2. The summed E-state index contributed by atoms with van der Waals surface area (Å²) in [6, 6.07) is 3.70. The molecule has 0 radical (unpaired) electrons. The van der Waals surface area contributed by atoms with Crippen LogP contribution < -0.4 is 9.47 Å². The van der Waals surface area contributed by atoms with E-state index < -0.39 is 0 Å². The van der Waals surface area contributed by atoms with Crippen LogP contribution in [0.15, 0.2) is 27.9 Å². The van der Waals surface area contributed by atoms with Crippen molar-refractivity contribution in [1.29, 1.82) is 0 Å². The van der Waals surface area contributed by atoms with E-state index in [-0.39, 0.29) is 11.1 Å². The summed E-state index contributed by atoms with van der Waals surface area (Å²) in [5, 5.41) is 4.48. The molecule has 0 amide bonds. The molecule has 0 aliphatic heterocycles. The molecule has 0 aromatic heterocycles. The SMILES string of the molecule is CCc1cc(OCC=C(Cl)Cl)cc(Cl)c1OCCCCCCCON=C(C)C. The van der Waals surface area contributed by atoms with Crippen LogP contribution in [0, 0.1) is 0 Å². The molecule has 0 unspecified atom stereocenters. The van der Waals surface area contributed by atoms with Crippen molar-refractivity contribution in [3.63, 3.8) is 0 Å². The minimum Gasteiger partial charge on any atom is -0.492 e. The van der Waals surface area contributed by atoms with E-state index in [1.807, 2.05) is 19.9 Å². The zero-order chi connectivity index (χ0) is 20.8. The van der Waals surface area contributed by atoms with Crippen LogP contribution in [0.25, 0.3) is 0 Å². The summed E-state index contributed by atoms with van der Waals surface area (Å²) in [4.78, 5) is 5.19. The predicted molar refractivity (Wildman–Crippen MR) is 119 cm³/mol. The number of halogens is 3. The Kier molecular flexibility index (Phi) is 13.2. The maximum atomic E-state index is 6.39. The zero-order valence-electron chi connectivity index (χ0n) is 16.9. The minimum absolute atomic E-state index is 0.179. The Morgan fingerprint density at radius 3 is 2.32 bits per heavy atom.